The first kappa shape index (κ1) is 40.8. The quantitative estimate of drug-likeness (QED) is 0.0589. The summed E-state index contributed by atoms with van der Waals surface area (Å²) in [7, 11) is 0. The molecule has 0 saturated heterocycles. The fraction of sp³-hybridized carbons (Fsp3) is 0.581. The molecule has 0 fully saturated rings. The Morgan fingerprint density at radius 3 is 1.83 bits per heavy atom. The second-order valence-corrected chi connectivity index (χ2v) is 13.5. The third-order valence-electron chi connectivity index (χ3n) is 8.82. The van der Waals surface area contributed by atoms with Crippen molar-refractivity contribution in [2.24, 2.45) is 0 Å². The molecule has 0 aliphatic heterocycles. The second kappa shape index (κ2) is 26.6. The highest BCUT2D eigenvalue weighted by Gasteiger charge is 2.15. The van der Waals surface area contributed by atoms with E-state index in [-0.39, 0.29) is 18.0 Å². The van der Waals surface area contributed by atoms with Gasteiger partial charge in [0.25, 0.3) is 5.91 Å². The van der Waals surface area contributed by atoms with E-state index < -0.39 is 0 Å². The minimum Gasteiger partial charge on any atom is -0.490 e. The Bertz CT molecular complexity index is 1180. The Balaban J connectivity index is 1.62. The molecule has 0 saturated carbocycles. The molecule has 0 spiro atoms. The third-order valence-corrected chi connectivity index (χ3v) is 8.82. The standard InChI is InChI=1S/C43H65NO4/c1-5-6-7-8-9-10-11-12-13-14-15-16-17-18-22-25-42(45)48-41(31-26-36(2)3)37(4)33-35-47-40-29-27-38(28-30-40)32-34-44-43(46)39-23-20-19-21-24-39/h19-21,23-24,26-30,33,41H,5-18,22,25,31-32,34-35H2,1-4H3,(H,44,46)/b37-33+. The largest absolute Gasteiger partial charge is 0.490 e. The van der Waals surface area contributed by atoms with E-state index in [1.807, 2.05) is 67.6 Å². The molecule has 2 aromatic rings. The van der Waals surface area contributed by atoms with E-state index in [1.54, 1.807) is 0 Å². The van der Waals surface area contributed by atoms with Gasteiger partial charge in [-0.3, -0.25) is 9.59 Å². The van der Waals surface area contributed by atoms with Crippen LogP contribution in [0.1, 0.15) is 153 Å². The summed E-state index contributed by atoms with van der Waals surface area (Å²) in [4.78, 5) is 25.0. The van der Waals surface area contributed by atoms with Crippen LogP contribution in [0, 0.1) is 0 Å². The van der Waals surface area contributed by atoms with Crippen molar-refractivity contribution in [3.8, 4) is 5.75 Å². The van der Waals surface area contributed by atoms with Crippen molar-refractivity contribution < 1.29 is 19.1 Å². The molecule has 1 atom stereocenters. The first-order valence-corrected chi connectivity index (χ1v) is 18.9. The number of esters is 1. The third kappa shape index (κ3) is 20.1. The maximum Gasteiger partial charge on any atom is 0.306 e. The van der Waals surface area contributed by atoms with Crippen LogP contribution < -0.4 is 10.1 Å². The van der Waals surface area contributed by atoms with Gasteiger partial charge in [-0.05, 0) is 75.1 Å². The molecule has 266 valence electrons. The van der Waals surface area contributed by atoms with Gasteiger partial charge in [0.2, 0.25) is 0 Å². The molecule has 0 radical (unpaired) electrons. The molecule has 2 rings (SSSR count). The number of nitrogens with one attached hydrogen (secondary N) is 1. The molecule has 0 heterocycles. The number of hydrogen-bond acceptors (Lipinski definition) is 4. The van der Waals surface area contributed by atoms with Gasteiger partial charge in [-0.15, -0.1) is 0 Å². The van der Waals surface area contributed by atoms with Crippen molar-refractivity contribution in [1.29, 1.82) is 0 Å². The van der Waals surface area contributed by atoms with Crippen molar-refractivity contribution in [3.63, 3.8) is 0 Å². The zero-order valence-corrected chi connectivity index (χ0v) is 30.7. The number of carbonyl (C=O) groups is 2. The van der Waals surface area contributed by atoms with Crippen LogP contribution in [0.15, 0.2) is 77.9 Å². The van der Waals surface area contributed by atoms with Gasteiger partial charge >= 0.3 is 5.97 Å². The van der Waals surface area contributed by atoms with Gasteiger partial charge in [0.05, 0.1) is 0 Å². The molecule has 1 amide bonds. The van der Waals surface area contributed by atoms with Crippen molar-refractivity contribution in [3.05, 3.63) is 89.0 Å². The average Bonchev–Trinajstić information content (AvgIpc) is 3.09. The Labute approximate surface area is 293 Å². The summed E-state index contributed by atoms with van der Waals surface area (Å²) in [6.45, 7) is 9.40. The first-order valence-electron chi connectivity index (χ1n) is 18.9. The molecular formula is C43H65NO4. The van der Waals surface area contributed by atoms with E-state index >= 15 is 0 Å². The molecule has 2 aromatic carbocycles. The summed E-state index contributed by atoms with van der Waals surface area (Å²) >= 11 is 0. The van der Waals surface area contributed by atoms with E-state index in [0.717, 1.165) is 36.1 Å². The van der Waals surface area contributed by atoms with Crippen molar-refractivity contribution >= 4 is 11.9 Å². The second-order valence-electron chi connectivity index (χ2n) is 13.5. The molecule has 1 unspecified atom stereocenters. The van der Waals surface area contributed by atoms with E-state index in [1.165, 1.54) is 89.0 Å². The maximum absolute atomic E-state index is 12.7. The minimum absolute atomic E-state index is 0.0590. The SMILES string of the molecule is CCCCCCCCCCCCCCCCCC(=O)OC(CC=C(C)C)/C(C)=C/COc1ccc(CCNC(=O)c2ccccc2)cc1. The fourth-order valence-electron chi connectivity index (χ4n) is 5.69. The fourth-order valence-corrected chi connectivity index (χ4v) is 5.69. The zero-order valence-electron chi connectivity index (χ0n) is 30.7. The lowest BCUT2D eigenvalue weighted by Gasteiger charge is -2.18. The number of ether oxygens (including phenoxy) is 2. The number of carbonyl (C=O) groups excluding carboxylic acids is 2. The van der Waals surface area contributed by atoms with Crippen LogP contribution in [0.2, 0.25) is 0 Å². The Morgan fingerprint density at radius 1 is 0.708 bits per heavy atom. The van der Waals surface area contributed by atoms with Crippen LogP contribution in [-0.2, 0) is 16.0 Å². The van der Waals surface area contributed by atoms with Crippen LogP contribution in [-0.4, -0.2) is 31.1 Å². The molecule has 0 aliphatic rings. The van der Waals surface area contributed by atoms with Gasteiger partial charge in [0, 0.05) is 24.9 Å². The highest BCUT2D eigenvalue weighted by molar-refractivity contribution is 5.94. The van der Waals surface area contributed by atoms with Crippen LogP contribution in [0.3, 0.4) is 0 Å². The van der Waals surface area contributed by atoms with Gasteiger partial charge in [0.1, 0.15) is 18.5 Å². The highest BCUT2D eigenvalue weighted by Crippen LogP contribution is 2.18. The lowest BCUT2D eigenvalue weighted by molar-refractivity contribution is -0.147. The number of allylic oxidation sites excluding steroid dienone is 1. The predicted octanol–water partition coefficient (Wildman–Crippen LogP) is 11.5. The maximum atomic E-state index is 12.7. The average molecular weight is 660 g/mol. The summed E-state index contributed by atoms with van der Waals surface area (Å²) in [6.07, 6.45) is 25.4. The van der Waals surface area contributed by atoms with E-state index in [2.05, 4.69) is 32.2 Å². The van der Waals surface area contributed by atoms with Gasteiger partial charge < -0.3 is 14.8 Å². The Hall–Kier alpha value is -3.34. The van der Waals surface area contributed by atoms with E-state index in [9.17, 15) is 9.59 Å². The van der Waals surface area contributed by atoms with Crippen LogP contribution in [0.4, 0.5) is 0 Å². The van der Waals surface area contributed by atoms with Crippen molar-refractivity contribution in [1.82, 2.24) is 5.32 Å². The van der Waals surface area contributed by atoms with Gasteiger partial charge in [0.15, 0.2) is 0 Å². The lowest BCUT2D eigenvalue weighted by atomic mass is 10.0. The predicted molar refractivity (Wildman–Crippen MR) is 202 cm³/mol. The lowest BCUT2D eigenvalue weighted by Crippen LogP contribution is -2.25. The molecule has 5 nitrogen and oxygen atoms in total. The summed E-state index contributed by atoms with van der Waals surface area (Å²) in [6, 6.07) is 17.2. The normalized spacial score (nSPS) is 12.0. The molecular weight excluding hydrogens is 594 g/mol. The summed E-state index contributed by atoms with van der Waals surface area (Å²) in [5, 5.41) is 2.97. The van der Waals surface area contributed by atoms with Crippen LogP contribution in [0.25, 0.3) is 0 Å². The van der Waals surface area contributed by atoms with Crippen LogP contribution >= 0.6 is 0 Å². The van der Waals surface area contributed by atoms with Gasteiger partial charge in [-0.25, -0.2) is 0 Å². The van der Waals surface area contributed by atoms with E-state index in [4.69, 9.17) is 9.47 Å². The zero-order chi connectivity index (χ0) is 34.7. The minimum atomic E-state index is -0.277. The number of benzene rings is 2. The first-order chi connectivity index (χ1) is 23.4. The summed E-state index contributed by atoms with van der Waals surface area (Å²) in [5.74, 6) is 0.611. The Morgan fingerprint density at radius 2 is 1.27 bits per heavy atom. The molecule has 1 N–H and O–H groups in total. The number of amides is 1. The molecule has 0 bridgehead atoms. The monoisotopic (exact) mass is 659 g/mol. The number of unbranched alkanes of at least 4 members (excludes halogenated alkanes) is 14. The summed E-state index contributed by atoms with van der Waals surface area (Å²) < 4.78 is 11.9. The van der Waals surface area contributed by atoms with Gasteiger partial charge in [-0.1, -0.05) is 139 Å². The van der Waals surface area contributed by atoms with Gasteiger partial charge in [-0.2, -0.15) is 0 Å². The van der Waals surface area contributed by atoms with Crippen molar-refractivity contribution in [2.75, 3.05) is 13.2 Å². The topological polar surface area (TPSA) is 64.6 Å². The van der Waals surface area contributed by atoms with Crippen LogP contribution in [0.5, 0.6) is 5.75 Å². The molecule has 0 aliphatic carbocycles. The van der Waals surface area contributed by atoms with E-state index in [0.29, 0.717) is 31.6 Å². The smallest absolute Gasteiger partial charge is 0.306 e. The molecule has 0 aromatic heterocycles. The number of rotatable bonds is 27. The van der Waals surface area contributed by atoms with Crippen molar-refractivity contribution in [2.45, 2.75) is 149 Å². The Kier molecular flexibility index (Phi) is 22.6. The number of hydrogen-bond donors (Lipinski definition) is 1. The molecule has 48 heavy (non-hydrogen) atoms. The highest BCUT2D eigenvalue weighted by atomic mass is 16.5. The summed E-state index contributed by atoms with van der Waals surface area (Å²) in [5.41, 5.74) is 4.01. The molecule has 5 heteroatoms.